The normalized spacial score (nSPS) is 11.2. The lowest BCUT2D eigenvalue weighted by Gasteiger charge is -2.00. The maximum absolute atomic E-state index is 5.93. The average molecular weight is 323 g/mol. The molecule has 0 aliphatic heterocycles. The lowest BCUT2D eigenvalue weighted by Crippen LogP contribution is -1.76. The number of benzene rings is 3. The second kappa shape index (κ2) is 4.50. The molecule has 0 spiro atoms. The highest BCUT2D eigenvalue weighted by molar-refractivity contribution is 9.10. The van der Waals surface area contributed by atoms with Gasteiger partial charge in [0.1, 0.15) is 11.2 Å². The van der Waals surface area contributed by atoms with Gasteiger partial charge in [-0.1, -0.05) is 48.5 Å². The molecule has 0 bridgehead atoms. The van der Waals surface area contributed by atoms with Crippen LogP contribution in [-0.2, 0) is 0 Å². The third-order valence-electron chi connectivity index (χ3n) is 3.56. The number of rotatable bonds is 1. The topological polar surface area (TPSA) is 13.1 Å². The van der Waals surface area contributed by atoms with Gasteiger partial charge in [-0.3, -0.25) is 0 Å². The fourth-order valence-corrected chi connectivity index (χ4v) is 3.02. The molecule has 0 fully saturated rings. The van der Waals surface area contributed by atoms with Crippen molar-refractivity contribution in [2.45, 2.75) is 0 Å². The monoisotopic (exact) mass is 322 g/mol. The fourth-order valence-electron chi connectivity index (χ4n) is 2.57. The predicted octanol–water partition coefficient (Wildman–Crippen LogP) is 6.02. The standard InChI is InChI=1S/C18H11BrO/c19-16-8-4-7-14-15-11-13(12-5-2-1-3-6-12)9-10-17(15)20-18(14)16/h1-11H. The molecule has 0 radical (unpaired) electrons. The zero-order valence-electron chi connectivity index (χ0n) is 10.6. The van der Waals surface area contributed by atoms with E-state index >= 15 is 0 Å². The zero-order chi connectivity index (χ0) is 13.5. The van der Waals surface area contributed by atoms with Crippen molar-refractivity contribution in [3.63, 3.8) is 0 Å². The van der Waals surface area contributed by atoms with Crippen molar-refractivity contribution in [1.82, 2.24) is 0 Å². The first-order valence-corrected chi connectivity index (χ1v) is 7.28. The van der Waals surface area contributed by atoms with Crippen LogP contribution in [0.25, 0.3) is 33.1 Å². The molecule has 1 aromatic heterocycles. The number of hydrogen-bond acceptors (Lipinski definition) is 1. The Kier molecular flexibility index (Phi) is 2.64. The minimum Gasteiger partial charge on any atom is -0.455 e. The number of halogens is 1. The van der Waals surface area contributed by atoms with Crippen LogP contribution in [-0.4, -0.2) is 0 Å². The Morgan fingerprint density at radius 1 is 0.700 bits per heavy atom. The van der Waals surface area contributed by atoms with Crippen molar-refractivity contribution in [1.29, 1.82) is 0 Å². The van der Waals surface area contributed by atoms with E-state index in [1.807, 2.05) is 24.3 Å². The van der Waals surface area contributed by atoms with Gasteiger partial charge in [-0.15, -0.1) is 0 Å². The molecule has 0 amide bonds. The van der Waals surface area contributed by atoms with Crippen LogP contribution in [0.15, 0.2) is 75.6 Å². The van der Waals surface area contributed by atoms with Crippen molar-refractivity contribution in [2.75, 3.05) is 0 Å². The van der Waals surface area contributed by atoms with E-state index in [4.69, 9.17) is 4.42 Å². The summed E-state index contributed by atoms with van der Waals surface area (Å²) in [5.74, 6) is 0. The van der Waals surface area contributed by atoms with E-state index in [0.717, 1.165) is 26.4 Å². The van der Waals surface area contributed by atoms with Gasteiger partial charge < -0.3 is 4.42 Å². The second-order valence-electron chi connectivity index (χ2n) is 4.80. The number of furan rings is 1. The van der Waals surface area contributed by atoms with Gasteiger partial charge in [-0.25, -0.2) is 0 Å². The van der Waals surface area contributed by atoms with Gasteiger partial charge in [0.05, 0.1) is 4.47 Å². The van der Waals surface area contributed by atoms with Gasteiger partial charge in [-0.2, -0.15) is 0 Å². The highest BCUT2D eigenvalue weighted by atomic mass is 79.9. The van der Waals surface area contributed by atoms with Crippen LogP contribution in [0.1, 0.15) is 0 Å². The fraction of sp³-hybridized carbons (Fsp3) is 0. The largest absolute Gasteiger partial charge is 0.455 e. The van der Waals surface area contributed by atoms with Crippen molar-refractivity contribution in [3.05, 3.63) is 71.2 Å². The van der Waals surface area contributed by atoms with Crippen molar-refractivity contribution in [3.8, 4) is 11.1 Å². The summed E-state index contributed by atoms with van der Waals surface area (Å²) in [6, 6.07) is 22.9. The van der Waals surface area contributed by atoms with Crippen molar-refractivity contribution in [2.24, 2.45) is 0 Å². The van der Waals surface area contributed by atoms with E-state index in [-0.39, 0.29) is 0 Å². The Morgan fingerprint density at radius 3 is 2.40 bits per heavy atom. The lowest BCUT2D eigenvalue weighted by atomic mass is 10.0. The van der Waals surface area contributed by atoms with Crippen LogP contribution in [0.5, 0.6) is 0 Å². The molecular weight excluding hydrogens is 312 g/mol. The molecule has 4 rings (SSSR count). The predicted molar refractivity (Wildman–Crippen MR) is 86.9 cm³/mol. The van der Waals surface area contributed by atoms with Gasteiger partial charge in [0.15, 0.2) is 0 Å². The first-order valence-electron chi connectivity index (χ1n) is 6.49. The molecule has 4 aromatic rings. The molecule has 96 valence electrons. The van der Waals surface area contributed by atoms with E-state index < -0.39 is 0 Å². The lowest BCUT2D eigenvalue weighted by molar-refractivity contribution is 0.667. The summed E-state index contributed by atoms with van der Waals surface area (Å²) < 4.78 is 6.92. The van der Waals surface area contributed by atoms with Crippen molar-refractivity contribution >= 4 is 37.9 Å². The third-order valence-corrected chi connectivity index (χ3v) is 4.18. The molecule has 0 atom stereocenters. The van der Waals surface area contributed by atoms with E-state index in [9.17, 15) is 0 Å². The van der Waals surface area contributed by atoms with E-state index in [0.29, 0.717) is 0 Å². The van der Waals surface area contributed by atoms with Crippen molar-refractivity contribution < 1.29 is 4.42 Å². The first-order chi connectivity index (χ1) is 9.83. The molecule has 20 heavy (non-hydrogen) atoms. The number of hydrogen-bond donors (Lipinski definition) is 0. The minimum atomic E-state index is 0.910. The van der Waals surface area contributed by atoms with E-state index in [2.05, 4.69) is 58.4 Å². The van der Waals surface area contributed by atoms with Gasteiger partial charge in [-0.05, 0) is 45.3 Å². The molecule has 2 heteroatoms. The van der Waals surface area contributed by atoms with Gasteiger partial charge in [0, 0.05) is 10.8 Å². The van der Waals surface area contributed by atoms with Gasteiger partial charge in [0.25, 0.3) is 0 Å². The first kappa shape index (κ1) is 11.7. The van der Waals surface area contributed by atoms with Crippen LogP contribution in [0.3, 0.4) is 0 Å². The quantitative estimate of drug-likeness (QED) is 0.418. The van der Waals surface area contributed by atoms with E-state index in [1.54, 1.807) is 0 Å². The zero-order valence-corrected chi connectivity index (χ0v) is 12.2. The molecule has 0 N–H and O–H groups in total. The average Bonchev–Trinajstić information content (AvgIpc) is 2.88. The molecule has 3 aromatic carbocycles. The second-order valence-corrected chi connectivity index (χ2v) is 5.65. The summed E-state index contributed by atoms with van der Waals surface area (Å²) in [7, 11) is 0. The Morgan fingerprint density at radius 2 is 1.55 bits per heavy atom. The maximum atomic E-state index is 5.93. The Hall–Kier alpha value is -2.06. The summed E-state index contributed by atoms with van der Waals surface area (Å²) in [4.78, 5) is 0. The minimum absolute atomic E-state index is 0.910. The summed E-state index contributed by atoms with van der Waals surface area (Å²) in [6.45, 7) is 0. The number of fused-ring (bicyclic) bond motifs is 3. The Bertz CT molecular complexity index is 907. The summed E-state index contributed by atoms with van der Waals surface area (Å²) in [5, 5.41) is 2.30. The Labute approximate surface area is 125 Å². The van der Waals surface area contributed by atoms with Crippen LogP contribution >= 0.6 is 15.9 Å². The highest BCUT2D eigenvalue weighted by Crippen LogP contribution is 2.35. The van der Waals surface area contributed by atoms with Crippen LogP contribution in [0, 0.1) is 0 Å². The SMILES string of the molecule is Brc1cccc2c1oc1ccc(-c3ccccc3)cc12. The maximum Gasteiger partial charge on any atom is 0.149 e. The number of para-hydroxylation sites is 1. The molecule has 1 nitrogen and oxygen atoms in total. The smallest absolute Gasteiger partial charge is 0.149 e. The van der Waals surface area contributed by atoms with Crippen LogP contribution in [0.2, 0.25) is 0 Å². The van der Waals surface area contributed by atoms with Crippen LogP contribution in [0.4, 0.5) is 0 Å². The molecular formula is C18H11BrO. The summed E-state index contributed by atoms with van der Waals surface area (Å²) in [6.07, 6.45) is 0. The Balaban J connectivity index is 2.04. The van der Waals surface area contributed by atoms with E-state index in [1.165, 1.54) is 11.1 Å². The van der Waals surface area contributed by atoms with Crippen LogP contribution < -0.4 is 0 Å². The summed E-state index contributed by atoms with van der Waals surface area (Å²) in [5.41, 5.74) is 4.26. The van der Waals surface area contributed by atoms with Gasteiger partial charge in [0.2, 0.25) is 0 Å². The highest BCUT2D eigenvalue weighted by Gasteiger charge is 2.10. The van der Waals surface area contributed by atoms with Gasteiger partial charge >= 0.3 is 0 Å². The molecule has 0 aliphatic rings. The molecule has 0 unspecified atom stereocenters. The molecule has 0 saturated carbocycles. The molecule has 0 aliphatic carbocycles. The molecule has 1 heterocycles. The molecule has 0 saturated heterocycles. The third kappa shape index (κ3) is 1.76. The summed E-state index contributed by atoms with van der Waals surface area (Å²) >= 11 is 3.54.